The van der Waals surface area contributed by atoms with Gasteiger partial charge in [0.05, 0.1) is 13.7 Å². The van der Waals surface area contributed by atoms with Crippen molar-refractivity contribution in [3.05, 3.63) is 71.8 Å². The summed E-state index contributed by atoms with van der Waals surface area (Å²) >= 11 is 0. The lowest BCUT2D eigenvalue weighted by Gasteiger charge is -2.33. The number of nitrogens with zero attached hydrogens (tertiary/aromatic N) is 1. The molecule has 0 spiro atoms. The first-order valence-electron chi connectivity index (χ1n) is 7.83. The lowest BCUT2D eigenvalue weighted by atomic mass is 9.66. The normalized spacial score (nSPS) is 20.0. The topological polar surface area (TPSA) is 49.8 Å². The molecule has 4 nitrogen and oxygen atoms in total. The summed E-state index contributed by atoms with van der Waals surface area (Å²) in [6, 6.07) is 19.6. The highest BCUT2D eigenvalue weighted by Crippen LogP contribution is 2.47. The summed E-state index contributed by atoms with van der Waals surface area (Å²) in [4.78, 5) is 18.6. The van der Waals surface area contributed by atoms with E-state index in [2.05, 4.69) is 0 Å². The monoisotopic (exact) mass is 311 g/mol. The minimum absolute atomic E-state index is 0.0386. The second-order valence-corrected chi connectivity index (χ2v) is 5.80. The Balaban J connectivity index is 2.24. The highest BCUT2D eigenvalue weighted by atomic mass is 16.7. The van der Waals surface area contributed by atoms with Crippen molar-refractivity contribution in [2.45, 2.75) is 11.8 Å². The highest BCUT2D eigenvalue weighted by Gasteiger charge is 2.56. The van der Waals surface area contributed by atoms with Gasteiger partial charge in [0.15, 0.2) is 0 Å². The maximum atomic E-state index is 13.3. The first-order chi connectivity index (χ1) is 11.2. The molecule has 0 aromatic heterocycles. The first-order valence-corrected chi connectivity index (χ1v) is 7.83. The molecule has 1 heterocycles. The number of carbonyl (C=O) groups excluding carboxylic acids is 1. The fourth-order valence-corrected chi connectivity index (χ4v) is 3.70. The minimum atomic E-state index is -0.818. The maximum absolute atomic E-state index is 13.3. The molecule has 1 fully saturated rings. The van der Waals surface area contributed by atoms with Crippen LogP contribution in [-0.2, 0) is 15.0 Å². The third kappa shape index (κ3) is 2.44. The molecule has 0 radical (unpaired) electrons. The van der Waals surface area contributed by atoms with E-state index in [-0.39, 0.29) is 18.4 Å². The number of amides is 1. The number of hydrogen-bond donors (Lipinski definition) is 1. The van der Waals surface area contributed by atoms with Gasteiger partial charge in [-0.05, 0) is 17.5 Å². The summed E-state index contributed by atoms with van der Waals surface area (Å²) in [6.07, 6.45) is 0.537. The summed E-state index contributed by atoms with van der Waals surface area (Å²) in [6.45, 7) is 0.511. The average molecular weight is 311 g/mol. The molecule has 1 saturated heterocycles. The van der Waals surface area contributed by atoms with Gasteiger partial charge in [-0.2, -0.15) is 0 Å². The van der Waals surface area contributed by atoms with Gasteiger partial charge in [0, 0.05) is 12.5 Å². The predicted octanol–water partition coefficient (Wildman–Crippen LogP) is 2.37. The molecule has 2 aromatic rings. The third-order valence-electron chi connectivity index (χ3n) is 4.72. The second-order valence-electron chi connectivity index (χ2n) is 5.80. The maximum Gasteiger partial charge on any atom is 0.261 e. The number of aliphatic hydroxyl groups is 1. The fraction of sp³-hybridized carbons (Fsp3) is 0.316. The molecule has 1 atom stereocenters. The Bertz CT molecular complexity index is 617. The van der Waals surface area contributed by atoms with Gasteiger partial charge in [-0.15, -0.1) is 0 Å². The number of hydroxylamine groups is 2. The van der Waals surface area contributed by atoms with Crippen LogP contribution in [0.1, 0.15) is 17.5 Å². The summed E-state index contributed by atoms with van der Waals surface area (Å²) < 4.78 is 0. The molecule has 1 amide bonds. The van der Waals surface area contributed by atoms with E-state index in [1.807, 2.05) is 60.7 Å². The summed E-state index contributed by atoms with van der Waals surface area (Å²) in [5, 5.41) is 10.9. The van der Waals surface area contributed by atoms with E-state index in [0.29, 0.717) is 13.0 Å². The third-order valence-corrected chi connectivity index (χ3v) is 4.72. The Morgan fingerprint density at radius 1 is 1.09 bits per heavy atom. The van der Waals surface area contributed by atoms with E-state index < -0.39 is 5.41 Å². The number of hydrogen-bond acceptors (Lipinski definition) is 3. The minimum Gasteiger partial charge on any atom is -0.396 e. The molecule has 1 N–H and O–H groups in total. The summed E-state index contributed by atoms with van der Waals surface area (Å²) in [7, 11) is 1.51. The van der Waals surface area contributed by atoms with Crippen LogP contribution < -0.4 is 0 Å². The molecule has 1 aliphatic rings. The summed E-state index contributed by atoms with van der Waals surface area (Å²) in [5.74, 6) is -0.124. The molecule has 1 unspecified atom stereocenters. The van der Waals surface area contributed by atoms with E-state index >= 15 is 0 Å². The van der Waals surface area contributed by atoms with Crippen molar-refractivity contribution < 1.29 is 14.7 Å². The van der Waals surface area contributed by atoms with Gasteiger partial charge in [0.2, 0.25) is 0 Å². The quantitative estimate of drug-likeness (QED) is 0.922. The van der Waals surface area contributed by atoms with E-state index in [1.54, 1.807) is 0 Å². The molecular weight excluding hydrogens is 290 g/mol. The summed E-state index contributed by atoms with van der Waals surface area (Å²) in [5.41, 5.74) is 1.06. The Morgan fingerprint density at radius 3 is 2.04 bits per heavy atom. The van der Waals surface area contributed by atoms with E-state index in [9.17, 15) is 9.90 Å². The fourth-order valence-electron chi connectivity index (χ4n) is 3.70. The van der Waals surface area contributed by atoms with Crippen molar-refractivity contribution in [1.29, 1.82) is 0 Å². The Morgan fingerprint density at radius 2 is 1.61 bits per heavy atom. The van der Waals surface area contributed by atoms with Gasteiger partial charge in [0.1, 0.15) is 5.41 Å². The lowest BCUT2D eigenvalue weighted by molar-refractivity contribution is -0.170. The van der Waals surface area contributed by atoms with Gasteiger partial charge in [-0.25, -0.2) is 5.06 Å². The van der Waals surface area contributed by atoms with Crippen LogP contribution >= 0.6 is 0 Å². The molecular formula is C19H21NO3. The van der Waals surface area contributed by atoms with Crippen LogP contribution in [0.15, 0.2) is 60.7 Å². The zero-order chi connectivity index (χ0) is 16.3. The smallest absolute Gasteiger partial charge is 0.261 e. The van der Waals surface area contributed by atoms with Crippen LogP contribution in [0.2, 0.25) is 0 Å². The highest BCUT2D eigenvalue weighted by molar-refractivity contribution is 5.94. The van der Waals surface area contributed by atoms with Crippen molar-refractivity contribution in [2.24, 2.45) is 5.92 Å². The number of carbonyl (C=O) groups is 1. The molecule has 0 bridgehead atoms. The van der Waals surface area contributed by atoms with Crippen molar-refractivity contribution in [2.75, 3.05) is 20.3 Å². The van der Waals surface area contributed by atoms with Crippen molar-refractivity contribution in [3.8, 4) is 0 Å². The standard InChI is InChI=1S/C19H21NO3/c1-23-20-14-17(12-13-21)19(18(20)22,15-8-4-2-5-9-15)16-10-6-3-7-11-16/h2-11,17,21H,12-14H2,1H3. The van der Waals surface area contributed by atoms with Crippen LogP contribution in [0.4, 0.5) is 0 Å². The van der Waals surface area contributed by atoms with Crippen molar-refractivity contribution in [1.82, 2.24) is 5.06 Å². The molecule has 4 heteroatoms. The van der Waals surface area contributed by atoms with E-state index in [4.69, 9.17) is 4.84 Å². The van der Waals surface area contributed by atoms with Crippen molar-refractivity contribution in [3.63, 3.8) is 0 Å². The van der Waals surface area contributed by atoms with Crippen molar-refractivity contribution >= 4 is 5.91 Å². The largest absolute Gasteiger partial charge is 0.396 e. The SMILES string of the molecule is CON1CC(CCO)C(c2ccccc2)(c2ccccc2)C1=O. The Hall–Kier alpha value is -2.17. The zero-order valence-electron chi connectivity index (χ0n) is 13.2. The molecule has 3 rings (SSSR count). The Kier molecular flexibility index (Phi) is 4.46. The van der Waals surface area contributed by atoms with Gasteiger partial charge < -0.3 is 5.11 Å². The predicted molar refractivity (Wildman–Crippen MR) is 87.6 cm³/mol. The lowest BCUT2D eigenvalue weighted by Crippen LogP contribution is -2.42. The zero-order valence-corrected chi connectivity index (χ0v) is 13.2. The van der Waals surface area contributed by atoms with Crippen LogP contribution in [0.5, 0.6) is 0 Å². The number of rotatable bonds is 5. The van der Waals surface area contributed by atoms with E-state index in [1.165, 1.54) is 12.2 Å². The Labute approximate surface area is 136 Å². The van der Waals surface area contributed by atoms with Crippen LogP contribution in [0.3, 0.4) is 0 Å². The molecule has 0 aliphatic carbocycles. The molecule has 2 aromatic carbocycles. The molecule has 1 aliphatic heterocycles. The van der Waals surface area contributed by atoms with Gasteiger partial charge in [-0.3, -0.25) is 9.63 Å². The van der Waals surface area contributed by atoms with Crippen LogP contribution in [0, 0.1) is 5.92 Å². The van der Waals surface area contributed by atoms with Crippen LogP contribution in [0.25, 0.3) is 0 Å². The van der Waals surface area contributed by atoms with Crippen LogP contribution in [-0.4, -0.2) is 36.3 Å². The van der Waals surface area contributed by atoms with Gasteiger partial charge in [-0.1, -0.05) is 60.7 Å². The second kappa shape index (κ2) is 6.52. The molecule has 0 saturated carbocycles. The van der Waals surface area contributed by atoms with Gasteiger partial charge in [0.25, 0.3) is 5.91 Å². The van der Waals surface area contributed by atoms with E-state index in [0.717, 1.165) is 11.1 Å². The first kappa shape index (κ1) is 15.7. The number of benzene rings is 2. The average Bonchev–Trinajstić information content (AvgIpc) is 2.89. The molecule has 120 valence electrons. The number of aliphatic hydroxyl groups excluding tert-OH is 1. The van der Waals surface area contributed by atoms with Gasteiger partial charge >= 0.3 is 0 Å². The molecule has 23 heavy (non-hydrogen) atoms.